The zero-order valence-electron chi connectivity index (χ0n) is 9.88. The lowest BCUT2D eigenvalue weighted by Crippen LogP contribution is -2.24. The highest BCUT2D eigenvalue weighted by Crippen LogP contribution is 2.09. The molecule has 1 rings (SSSR count). The minimum absolute atomic E-state index is 0.0232. The molecule has 0 aliphatic carbocycles. The number of nitrogens with one attached hydrogen (secondary N) is 1. The Hall–Kier alpha value is -0.100. The van der Waals surface area contributed by atoms with Crippen molar-refractivity contribution in [2.75, 3.05) is 11.9 Å². The summed E-state index contributed by atoms with van der Waals surface area (Å²) in [5, 5.41) is 3.97. The van der Waals surface area contributed by atoms with Crippen LogP contribution >= 0.6 is 38.5 Å². The second kappa shape index (κ2) is 8.08. The highest BCUT2D eigenvalue weighted by molar-refractivity contribution is 14.1. The molecule has 1 amide bonds. The van der Waals surface area contributed by atoms with Gasteiger partial charge < -0.3 is 5.32 Å². The van der Waals surface area contributed by atoms with E-state index in [1.54, 1.807) is 0 Å². The van der Waals surface area contributed by atoms with Crippen LogP contribution in [0.2, 0.25) is 0 Å². The number of halogens is 2. The molecule has 0 heterocycles. The largest absolute Gasteiger partial charge is 0.352 e. The summed E-state index contributed by atoms with van der Waals surface area (Å²) in [6.45, 7) is 2.96. The first kappa shape index (κ1) is 15.0. The fourth-order valence-electron chi connectivity index (χ4n) is 1.46. The first-order valence-electron chi connectivity index (χ1n) is 5.73. The van der Waals surface area contributed by atoms with Gasteiger partial charge in [-0.05, 0) is 59.5 Å². The van der Waals surface area contributed by atoms with Crippen molar-refractivity contribution < 1.29 is 4.79 Å². The van der Waals surface area contributed by atoms with Crippen LogP contribution in [0.4, 0.5) is 0 Å². The molecule has 1 aromatic carbocycles. The van der Waals surface area contributed by atoms with Crippen molar-refractivity contribution in [1.82, 2.24) is 5.32 Å². The standard InChI is InChI=1S/C13H17BrINO/c1-10(9-14)4-3-7-16-13(17)11-5-2-6-12(15)8-11/h2,5-6,8,10H,3-4,7,9H2,1H3,(H,16,17). The Balaban J connectivity index is 2.30. The molecule has 0 fully saturated rings. The summed E-state index contributed by atoms with van der Waals surface area (Å²) in [5.74, 6) is 0.694. The third-order valence-electron chi connectivity index (χ3n) is 2.51. The molecule has 1 unspecified atom stereocenters. The van der Waals surface area contributed by atoms with Crippen molar-refractivity contribution >= 4 is 44.4 Å². The van der Waals surface area contributed by atoms with Crippen molar-refractivity contribution in [1.29, 1.82) is 0 Å². The molecule has 94 valence electrons. The summed E-state index contributed by atoms with van der Waals surface area (Å²) in [7, 11) is 0. The summed E-state index contributed by atoms with van der Waals surface area (Å²) in [6.07, 6.45) is 2.17. The number of alkyl halides is 1. The number of carbonyl (C=O) groups excluding carboxylic acids is 1. The van der Waals surface area contributed by atoms with Crippen molar-refractivity contribution in [3.05, 3.63) is 33.4 Å². The maximum absolute atomic E-state index is 11.8. The molecule has 17 heavy (non-hydrogen) atoms. The van der Waals surface area contributed by atoms with Gasteiger partial charge in [0.25, 0.3) is 5.91 Å². The molecule has 0 bridgehead atoms. The Morgan fingerprint density at radius 3 is 2.94 bits per heavy atom. The lowest BCUT2D eigenvalue weighted by atomic mass is 10.1. The monoisotopic (exact) mass is 409 g/mol. The van der Waals surface area contributed by atoms with Gasteiger partial charge in [-0.3, -0.25) is 4.79 Å². The highest BCUT2D eigenvalue weighted by Gasteiger charge is 2.05. The molecule has 0 aromatic heterocycles. The molecule has 0 saturated heterocycles. The lowest BCUT2D eigenvalue weighted by Gasteiger charge is -2.08. The predicted octanol–water partition coefficient (Wildman–Crippen LogP) is 3.83. The third kappa shape index (κ3) is 5.86. The second-order valence-corrected chi connectivity index (χ2v) is 6.06. The second-order valence-electron chi connectivity index (χ2n) is 4.17. The van der Waals surface area contributed by atoms with Gasteiger partial charge in [0.05, 0.1) is 0 Å². The molecule has 2 nitrogen and oxygen atoms in total. The Kier molecular flexibility index (Phi) is 7.11. The minimum atomic E-state index is 0.0232. The van der Waals surface area contributed by atoms with Crippen LogP contribution in [0.25, 0.3) is 0 Å². The Morgan fingerprint density at radius 2 is 2.29 bits per heavy atom. The maximum atomic E-state index is 11.8. The summed E-state index contributed by atoms with van der Waals surface area (Å²) in [6, 6.07) is 7.63. The maximum Gasteiger partial charge on any atom is 0.251 e. The predicted molar refractivity (Wildman–Crippen MR) is 83.7 cm³/mol. The van der Waals surface area contributed by atoms with Crippen LogP contribution in [-0.4, -0.2) is 17.8 Å². The van der Waals surface area contributed by atoms with Crippen molar-refractivity contribution in [2.45, 2.75) is 19.8 Å². The summed E-state index contributed by atoms with van der Waals surface area (Å²) in [4.78, 5) is 11.8. The highest BCUT2D eigenvalue weighted by atomic mass is 127. The van der Waals surface area contributed by atoms with Gasteiger partial charge in [0.15, 0.2) is 0 Å². The zero-order chi connectivity index (χ0) is 12.7. The molecular weight excluding hydrogens is 393 g/mol. The molecule has 0 aliphatic heterocycles. The Bertz CT molecular complexity index is 370. The van der Waals surface area contributed by atoms with Crippen molar-refractivity contribution in [2.24, 2.45) is 5.92 Å². The van der Waals surface area contributed by atoms with Gasteiger partial charge in [-0.25, -0.2) is 0 Å². The topological polar surface area (TPSA) is 29.1 Å². The first-order chi connectivity index (χ1) is 8.13. The van der Waals surface area contributed by atoms with Gasteiger partial charge in [-0.2, -0.15) is 0 Å². The third-order valence-corrected chi connectivity index (χ3v) is 4.29. The van der Waals surface area contributed by atoms with Crippen molar-refractivity contribution in [3.8, 4) is 0 Å². The van der Waals surface area contributed by atoms with Gasteiger partial charge in [-0.1, -0.05) is 28.9 Å². The number of carbonyl (C=O) groups is 1. The number of benzene rings is 1. The van der Waals surface area contributed by atoms with Gasteiger partial charge in [0.2, 0.25) is 0 Å². The van der Waals surface area contributed by atoms with Crippen LogP contribution < -0.4 is 5.32 Å². The summed E-state index contributed by atoms with van der Waals surface area (Å²) >= 11 is 5.66. The van der Waals surface area contributed by atoms with E-state index in [1.807, 2.05) is 24.3 Å². The minimum Gasteiger partial charge on any atom is -0.352 e. The summed E-state index contributed by atoms with van der Waals surface area (Å²) < 4.78 is 1.09. The average Bonchev–Trinajstić information content (AvgIpc) is 2.34. The quantitative estimate of drug-likeness (QED) is 0.431. The van der Waals surface area contributed by atoms with Gasteiger partial charge in [0, 0.05) is 21.0 Å². The molecule has 0 spiro atoms. The zero-order valence-corrected chi connectivity index (χ0v) is 13.6. The van der Waals surface area contributed by atoms with E-state index in [9.17, 15) is 4.79 Å². The van der Waals surface area contributed by atoms with Crippen LogP contribution in [0.5, 0.6) is 0 Å². The molecular formula is C13H17BrINO. The van der Waals surface area contributed by atoms with Gasteiger partial charge >= 0.3 is 0 Å². The van der Waals surface area contributed by atoms with Crippen LogP contribution in [0.15, 0.2) is 24.3 Å². The van der Waals surface area contributed by atoms with Gasteiger partial charge in [-0.15, -0.1) is 0 Å². The fraction of sp³-hybridized carbons (Fsp3) is 0.462. The number of hydrogen-bond donors (Lipinski definition) is 1. The first-order valence-corrected chi connectivity index (χ1v) is 7.93. The van der Waals surface area contributed by atoms with E-state index in [-0.39, 0.29) is 5.91 Å². The molecule has 1 atom stereocenters. The molecule has 4 heteroatoms. The SMILES string of the molecule is CC(CBr)CCCNC(=O)c1cccc(I)c1. The molecule has 0 radical (unpaired) electrons. The van der Waals surface area contributed by atoms with E-state index in [2.05, 4.69) is 50.8 Å². The van der Waals surface area contributed by atoms with E-state index in [1.165, 1.54) is 0 Å². The number of amides is 1. The molecule has 0 aliphatic rings. The normalized spacial score (nSPS) is 12.2. The van der Waals surface area contributed by atoms with Crippen LogP contribution in [-0.2, 0) is 0 Å². The van der Waals surface area contributed by atoms with E-state index >= 15 is 0 Å². The summed E-state index contributed by atoms with van der Waals surface area (Å²) in [5.41, 5.74) is 0.741. The van der Waals surface area contributed by atoms with Gasteiger partial charge in [0.1, 0.15) is 0 Å². The van der Waals surface area contributed by atoms with E-state index < -0.39 is 0 Å². The average molecular weight is 410 g/mol. The number of rotatable bonds is 6. The lowest BCUT2D eigenvalue weighted by molar-refractivity contribution is 0.0952. The Morgan fingerprint density at radius 1 is 1.53 bits per heavy atom. The van der Waals surface area contributed by atoms with Crippen LogP contribution in [0, 0.1) is 9.49 Å². The fourth-order valence-corrected chi connectivity index (χ4v) is 2.33. The van der Waals surface area contributed by atoms with E-state index in [4.69, 9.17) is 0 Å². The van der Waals surface area contributed by atoms with E-state index in [0.29, 0.717) is 5.92 Å². The molecule has 1 aromatic rings. The smallest absolute Gasteiger partial charge is 0.251 e. The van der Waals surface area contributed by atoms with Crippen LogP contribution in [0.1, 0.15) is 30.1 Å². The number of hydrogen-bond acceptors (Lipinski definition) is 1. The van der Waals surface area contributed by atoms with Crippen LogP contribution in [0.3, 0.4) is 0 Å². The Labute approximate surface area is 125 Å². The van der Waals surface area contributed by atoms with Crippen molar-refractivity contribution in [3.63, 3.8) is 0 Å². The van der Waals surface area contributed by atoms with E-state index in [0.717, 1.165) is 33.9 Å². The molecule has 1 N–H and O–H groups in total. The molecule has 0 saturated carbocycles.